The van der Waals surface area contributed by atoms with Gasteiger partial charge in [0, 0.05) is 23.0 Å². The van der Waals surface area contributed by atoms with E-state index in [1.54, 1.807) is 0 Å². The first-order valence-corrected chi connectivity index (χ1v) is 7.14. The van der Waals surface area contributed by atoms with Crippen molar-refractivity contribution in [3.8, 4) is 0 Å². The number of methoxy groups -OCH3 is 1. The molecule has 0 radical (unpaired) electrons. The van der Waals surface area contributed by atoms with Gasteiger partial charge in [0.1, 0.15) is 0 Å². The maximum Gasteiger partial charge on any atom is 0.338 e. The lowest BCUT2D eigenvalue weighted by Crippen LogP contribution is -2.29. The van der Waals surface area contributed by atoms with Crippen molar-refractivity contribution in [3.63, 3.8) is 0 Å². The van der Waals surface area contributed by atoms with Gasteiger partial charge in [0.15, 0.2) is 6.61 Å². The molecule has 0 unspecified atom stereocenters. The van der Waals surface area contributed by atoms with E-state index in [0.717, 1.165) is 0 Å². The van der Waals surface area contributed by atoms with Gasteiger partial charge in [0.2, 0.25) is 0 Å². The predicted molar refractivity (Wildman–Crippen MR) is 81.0 cm³/mol. The Morgan fingerprint density at radius 3 is 2.36 bits per heavy atom. The standard InChI is InChI=1S/C14H15Cl2NO5/c1-21-13(19)3-2-4-17-12(18)8-22-14(20)9-5-10(15)7-11(16)6-9/h5-7H,2-4,8H2,1H3,(H,17,18). The van der Waals surface area contributed by atoms with E-state index in [1.165, 1.54) is 25.3 Å². The van der Waals surface area contributed by atoms with Gasteiger partial charge in [-0.1, -0.05) is 23.2 Å². The van der Waals surface area contributed by atoms with E-state index in [-0.39, 0.29) is 24.5 Å². The van der Waals surface area contributed by atoms with Gasteiger partial charge < -0.3 is 14.8 Å². The van der Waals surface area contributed by atoms with E-state index >= 15 is 0 Å². The molecular formula is C14H15Cl2NO5. The zero-order chi connectivity index (χ0) is 16.5. The quantitative estimate of drug-likeness (QED) is 0.604. The number of carbonyl (C=O) groups excluding carboxylic acids is 3. The Bertz CT molecular complexity index is 542. The third kappa shape index (κ3) is 6.78. The van der Waals surface area contributed by atoms with Gasteiger partial charge in [0.05, 0.1) is 12.7 Å². The lowest BCUT2D eigenvalue weighted by atomic mass is 10.2. The van der Waals surface area contributed by atoms with Gasteiger partial charge in [-0.15, -0.1) is 0 Å². The molecule has 0 atom stereocenters. The molecule has 0 bridgehead atoms. The molecule has 1 N–H and O–H groups in total. The predicted octanol–water partition coefficient (Wildman–Crippen LogP) is 2.22. The molecule has 0 aromatic heterocycles. The number of rotatable bonds is 7. The lowest BCUT2D eigenvalue weighted by molar-refractivity contribution is -0.140. The summed E-state index contributed by atoms with van der Waals surface area (Å²) in [6.45, 7) is -0.143. The summed E-state index contributed by atoms with van der Waals surface area (Å²) in [5.74, 6) is -1.51. The fourth-order valence-corrected chi connectivity index (χ4v) is 2.03. The highest BCUT2D eigenvalue weighted by molar-refractivity contribution is 6.35. The fraction of sp³-hybridized carbons (Fsp3) is 0.357. The van der Waals surface area contributed by atoms with Crippen LogP contribution in [0, 0.1) is 0 Å². The third-order valence-corrected chi connectivity index (χ3v) is 2.98. The van der Waals surface area contributed by atoms with Gasteiger partial charge in [-0.3, -0.25) is 9.59 Å². The molecule has 0 saturated carbocycles. The molecule has 0 aliphatic heterocycles. The summed E-state index contributed by atoms with van der Waals surface area (Å²) in [6.07, 6.45) is 0.647. The monoisotopic (exact) mass is 347 g/mol. The van der Waals surface area contributed by atoms with Crippen molar-refractivity contribution in [2.75, 3.05) is 20.3 Å². The molecular weight excluding hydrogens is 333 g/mol. The molecule has 120 valence electrons. The van der Waals surface area contributed by atoms with Crippen molar-refractivity contribution in [2.45, 2.75) is 12.8 Å². The lowest BCUT2D eigenvalue weighted by Gasteiger charge is -2.07. The largest absolute Gasteiger partial charge is 0.469 e. The van der Waals surface area contributed by atoms with Crippen LogP contribution in [0.25, 0.3) is 0 Å². The van der Waals surface area contributed by atoms with Crippen LogP contribution in [-0.4, -0.2) is 38.1 Å². The molecule has 22 heavy (non-hydrogen) atoms. The Morgan fingerprint density at radius 2 is 1.77 bits per heavy atom. The second-order valence-electron chi connectivity index (χ2n) is 4.26. The average Bonchev–Trinajstić information content (AvgIpc) is 2.47. The van der Waals surface area contributed by atoms with E-state index in [2.05, 4.69) is 10.1 Å². The van der Waals surface area contributed by atoms with Crippen LogP contribution >= 0.6 is 23.2 Å². The molecule has 8 heteroatoms. The van der Waals surface area contributed by atoms with Crippen molar-refractivity contribution >= 4 is 41.0 Å². The van der Waals surface area contributed by atoms with Crippen LogP contribution in [0.5, 0.6) is 0 Å². The van der Waals surface area contributed by atoms with E-state index < -0.39 is 18.5 Å². The van der Waals surface area contributed by atoms with E-state index in [1.807, 2.05) is 0 Å². The van der Waals surface area contributed by atoms with Crippen molar-refractivity contribution < 1.29 is 23.9 Å². The zero-order valence-electron chi connectivity index (χ0n) is 11.9. The number of halogens is 2. The smallest absolute Gasteiger partial charge is 0.338 e. The number of hydrogen-bond donors (Lipinski definition) is 1. The number of nitrogens with one attached hydrogen (secondary N) is 1. The Labute approximate surface area is 137 Å². The van der Waals surface area contributed by atoms with Crippen molar-refractivity contribution in [1.29, 1.82) is 0 Å². The SMILES string of the molecule is COC(=O)CCCNC(=O)COC(=O)c1cc(Cl)cc(Cl)c1. The topological polar surface area (TPSA) is 81.7 Å². The Hall–Kier alpha value is -1.79. The summed E-state index contributed by atoms with van der Waals surface area (Å²) < 4.78 is 9.30. The van der Waals surface area contributed by atoms with E-state index in [9.17, 15) is 14.4 Å². The number of benzene rings is 1. The molecule has 0 saturated heterocycles. The number of amides is 1. The Balaban J connectivity index is 2.31. The van der Waals surface area contributed by atoms with Crippen LogP contribution in [0.1, 0.15) is 23.2 Å². The molecule has 1 aromatic carbocycles. The third-order valence-electron chi connectivity index (χ3n) is 2.54. The Kier molecular flexibility index (Phi) is 7.70. The molecule has 1 amide bonds. The number of carbonyl (C=O) groups is 3. The van der Waals surface area contributed by atoms with Gasteiger partial charge in [0.25, 0.3) is 5.91 Å². The summed E-state index contributed by atoms with van der Waals surface area (Å²) in [5.41, 5.74) is 0.163. The van der Waals surface area contributed by atoms with Crippen molar-refractivity contribution in [2.24, 2.45) is 0 Å². The molecule has 0 spiro atoms. The second kappa shape index (κ2) is 9.27. The van der Waals surface area contributed by atoms with Crippen LogP contribution < -0.4 is 5.32 Å². The van der Waals surface area contributed by atoms with Crippen LogP contribution in [-0.2, 0) is 19.1 Å². The molecule has 0 heterocycles. The van der Waals surface area contributed by atoms with E-state index in [4.69, 9.17) is 27.9 Å². The maximum atomic E-state index is 11.7. The van der Waals surface area contributed by atoms with Crippen LogP contribution in [0.4, 0.5) is 0 Å². The highest BCUT2D eigenvalue weighted by Crippen LogP contribution is 2.19. The molecule has 6 nitrogen and oxygen atoms in total. The van der Waals surface area contributed by atoms with E-state index in [0.29, 0.717) is 16.5 Å². The minimum Gasteiger partial charge on any atom is -0.469 e. The molecule has 0 aliphatic rings. The molecule has 0 aliphatic carbocycles. The minimum atomic E-state index is -0.700. The number of esters is 2. The van der Waals surface area contributed by atoms with Crippen LogP contribution in [0.15, 0.2) is 18.2 Å². The zero-order valence-corrected chi connectivity index (χ0v) is 13.4. The molecule has 1 aromatic rings. The average molecular weight is 348 g/mol. The van der Waals surface area contributed by atoms with Crippen molar-refractivity contribution in [3.05, 3.63) is 33.8 Å². The summed E-state index contributed by atoms with van der Waals surface area (Å²) in [7, 11) is 1.29. The first-order valence-electron chi connectivity index (χ1n) is 6.39. The van der Waals surface area contributed by atoms with Gasteiger partial charge in [-0.25, -0.2) is 4.79 Å². The highest BCUT2D eigenvalue weighted by atomic mass is 35.5. The second-order valence-corrected chi connectivity index (χ2v) is 5.14. The summed E-state index contributed by atoms with van der Waals surface area (Å²) in [5, 5.41) is 3.11. The number of ether oxygens (including phenoxy) is 2. The molecule has 0 fully saturated rings. The fourth-order valence-electron chi connectivity index (χ4n) is 1.50. The Morgan fingerprint density at radius 1 is 1.14 bits per heavy atom. The van der Waals surface area contributed by atoms with Crippen molar-refractivity contribution in [1.82, 2.24) is 5.32 Å². The van der Waals surface area contributed by atoms with Gasteiger partial charge >= 0.3 is 11.9 Å². The summed E-state index contributed by atoms with van der Waals surface area (Å²) in [4.78, 5) is 34.1. The van der Waals surface area contributed by atoms with Crippen LogP contribution in [0.2, 0.25) is 10.0 Å². The maximum absolute atomic E-state index is 11.7. The normalized spacial score (nSPS) is 9.95. The summed E-state index contributed by atoms with van der Waals surface area (Å²) >= 11 is 11.5. The first-order chi connectivity index (χ1) is 10.4. The van der Waals surface area contributed by atoms with Gasteiger partial charge in [-0.05, 0) is 24.6 Å². The highest BCUT2D eigenvalue weighted by Gasteiger charge is 2.11. The molecule has 1 rings (SSSR count). The number of hydrogen-bond acceptors (Lipinski definition) is 5. The first kappa shape index (κ1) is 18.3. The van der Waals surface area contributed by atoms with Crippen LogP contribution in [0.3, 0.4) is 0 Å². The summed E-state index contributed by atoms with van der Waals surface area (Å²) in [6, 6.07) is 4.27. The van der Waals surface area contributed by atoms with Gasteiger partial charge in [-0.2, -0.15) is 0 Å². The minimum absolute atomic E-state index is 0.163.